The molecule has 1 saturated heterocycles. The molecule has 1 fully saturated rings. The minimum Gasteiger partial charge on any atom is -0.508 e. The Bertz CT molecular complexity index is 633. The van der Waals surface area contributed by atoms with Gasteiger partial charge in [0.25, 0.3) is 0 Å². The maximum absolute atomic E-state index is 12.2. The van der Waals surface area contributed by atoms with E-state index in [-0.39, 0.29) is 23.3 Å². The van der Waals surface area contributed by atoms with Gasteiger partial charge in [-0.3, -0.25) is 4.79 Å². The molecule has 0 spiro atoms. The lowest BCUT2D eigenvalue weighted by Crippen LogP contribution is -2.50. The van der Waals surface area contributed by atoms with Gasteiger partial charge in [0.2, 0.25) is 5.91 Å². The second-order valence-electron chi connectivity index (χ2n) is 6.33. The van der Waals surface area contributed by atoms with Crippen molar-refractivity contribution >= 4 is 21.4 Å². The fraction of sp³-hybridized carbons (Fsp3) is 0.562. The Morgan fingerprint density at radius 1 is 1.13 bits per heavy atom. The van der Waals surface area contributed by atoms with Crippen LogP contribution >= 0.6 is 0 Å². The maximum Gasteiger partial charge on any atom is 0.237 e. The fourth-order valence-corrected chi connectivity index (χ4v) is 4.42. The highest BCUT2D eigenvalue weighted by molar-refractivity contribution is 7.92. The lowest BCUT2D eigenvalue weighted by Gasteiger charge is -2.36. The highest BCUT2D eigenvalue weighted by Gasteiger charge is 2.25. The van der Waals surface area contributed by atoms with Crippen LogP contribution in [-0.4, -0.2) is 62.0 Å². The van der Waals surface area contributed by atoms with Gasteiger partial charge in [-0.1, -0.05) is 13.8 Å². The number of hydrogen-bond acceptors (Lipinski definition) is 5. The number of amides is 1. The summed E-state index contributed by atoms with van der Waals surface area (Å²) < 4.78 is 23.9. The van der Waals surface area contributed by atoms with Crippen LogP contribution in [0.5, 0.6) is 5.75 Å². The highest BCUT2D eigenvalue weighted by Crippen LogP contribution is 2.20. The van der Waals surface area contributed by atoms with E-state index in [0.29, 0.717) is 26.2 Å². The summed E-state index contributed by atoms with van der Waals surface area (Å²) in [5, 5.41) is 9.31. The molecule has 7 heteroatoms. The van der Waals surface area contributed by atoms with Crippen LogP contribution in [0.4, 0.5) is 5.69 Å². The fourth-order valence-electron chi connectivity index (χ4n) is 2.72. The van der Waals surface area contributed by atoms with Crippen LogP contribution in [0.15, 0.2) is 24.3 Å². The highest BCUT2D eigenvalue weighted by atomic mass is 32.2. The molecule has 128 valence electrons. The molecule has 0 unspecified atom stereocenters. The summed E-state index contributed by atoms with van der Waals surface area (Å²) in [6, 6.07) is 6.93. The van der Waals surface area contributed by atoms with Crippen molar-refractivity contribution in [3.63, 3.8) is 0 Å². The molecule has 1 aromatic carbocycles. The van der Waals surface area contributed by atoms with Gasteiger partial charge in [0, 0.05) is 31.9 Å². The third-order valence-electron chi connectivity index (χ3n) is 3.78. The Kier molecular flexibility index (Phi) is 5.51. The van der Waals surface area contributed by atoms with Crippen molar-refractivity contribution in [2.24, 2.45) is 5.92 Å². The summed E-state index contributed by atoms with van der Waals surface area (Å²) in [7, 11) is -3.33. The van der Waals surface area contributed by atoms with Gasteiger partial charge in [-0.25, -0.2) is 8.42 Å². The molecule has 0 aromatic heterocycles. The first-order valence-corrected chi connectivity index (χ1v) is 9.61. The minimum atomic E-state index is -3.33. The average molecular weight is 340 g/mol. The van der Waals surface area contributed by atoms with Gasteiger partial charge in [0.05, 0.1) is 5.75 Å². The lowest BCUT2D eigenvalue weighted by atomic mass is 10.2. The minimum absolute atomic E-state index is 0.0270. The number of carbonyl (C=O) groups excluding carboxylic acids is 1. The lowest BCUT2D eigenvalue weighted by molar-refractivity contribution is -0.128. The van der Waals surface area contributed by atoms with Gasteiger partial charge in [0.1, 0.15) is 11.5 Å². The summed E-state index contributed by atoms with van der Waals surface area (Å²) >= 11 is 0. The predicted octanol–water partition coefficient (Wildman–Crippen LogP) is 1.11. The van der Waals surface area contributed by atoms with Crippen molar-refractivity contribution in [3.05, 3.63) is 24.3 Å². The van der Waals surface area contributed by atoms with Crippen LogP contribution in [-0.2, 0) is 14.6 Å². The number of benzene rings is 1. The van der Waals surface area contributed by atoms with Crippen molar-refractivity contribution in [2.75, 3.05) is 42.6 Å². The number of nitrogens with zero attached hydrogens (tertiary/aromatic N) is 2. The van der Waals surface area contributed by atoms with Crippen LogP contribution in [0.1, 0.15) is 13.8 Å². The van der Waals surface area contributed by atoms with E-state index < -0.39 is 15.6 Å². The molecule has 0 bridgehead atoms. The molecule has 6 nitrogen and oxygen atoms in total. The summed E-state index contributed by atoms with van der Waals surface area (Å²) in [5.41, 5.74) is 0.988. The second-order valence-corrected chi connectivity index (χ2v) is 8.44. The van der Waals surface area contributed by atoms with Crippen molar-refractivity contribution in [1.29, 1.82) is 0 Å². The monoisotopic (exact) mass is 340 g/mol. The molecule has 23 heavy (non-hydrogen) atoms. The van der Waals surface area contributed by atoms with Crippen molar-refractivity contribution in [3.8, 4) is 5.75 Å². The number of aromatic hydroxyl groups is 1. The van der Waals surface area contributed by atoms with Gasteiger partial charge >= 0.3 is 0 Å². The first-order chi connectivity index (χ1) is 10.8. The third-order valence-corrected chi connectivity index (χ3v) is 5.64. The smallest absolute Gasteiger partial charge is 0.237 e. The van der Waals surface area contributed by atoms with Gasteiger partial charge in [-0.15, -0.1) is 0 Å². The van der Waals surface area contributed by atoms with Crippen molar-refractivity contribution in [1.82, 2.24) is 4.90 Å². The summed E-state index contributed by atoms with van der Waals surface area (Å²) in [4.78, 5) is 15.9. The number of phenolic OH excluding ortho intramolecular Hbond substituents is 1. The van der Waals surface area contributed by atoms with Crippen LogP contribution in [0.3, 0.4) is 0 Å². The molecule has 1 amide bonds. The van der Waals surface area contributed by atoms with E-state index >= 15 is 0 Å². The maximum atomic E-state index is 12.2. The van der Waals surface area contributed by atoms with E-state index in [0.717, 1.165) is 5.69 Å². The zero-order chi connectivity index (χ0) is 17.0. The number of hydrogen-bond donors (Lipinski definition) is 1. The Labute approximate surface area is 137 Å². The largest absolute Gasteiger partial charge is 0.508 e. The average Bonchev–Trinajstić information content (AvgIpc) is 2.46. The normalized spacial score (nSPS) is 16.0. The van der Waals surface area contributed by atoms with Crippen LogP contribution in [0, 0.1) is 5.92 Å². The molecule has 2 rings (SSSR count). The first-order valence-electron chi connectivity index (χ1n) is 7.79. The van der Waals surface area contributed by atoms with E-state index in [9.17, 15) is 18.3 Å². The van der Waals surface area contributed by atoms with Gasteiger partial charge < -0.3 is 14.9 Å². The number of rotatable bonds is 5. The molecular weight excluding hydrogens is 316 g/mol. The van der Waals surface area contributed by atoms with Gasteiger partial charge in [-0.05, 0) is 30.2 Å². The van der Waals surface area contributed by atoms with Crippen LogP contribution in [0.2, 0.25) is 0 Å². The Morgan fingerprint density at radius 2 is 1.70 bits per heavy atom. The molecular formula is C16H24N2O4S. The van der Waals surface area contributed by atoms with Crippen LogP contribution < -0.4 is 4.90 Å². The molecule has 0 saturated carbocycles. The quantitative estimate of drug-likeness (QED) is 0.869. The zero-order valence-corrected chi connectivity index (χ0v) is 14.4. The third kappa shape index (κ3) is 5.13. The van der Waals surface area contributed by atoms with Crippen LogP contribution in [0.25, 0.3) is 0 Å². The van der Waals surface area contributed by atoms with Crippen molar-refractivity contribution < 1.29 is 18.3 Å². The van der Waals surface area contributed by atoms with E-state index in [1.54, 1.807) is 17.0 Å². The number of phenols is 1. The molecule has 0 atom stereocenters. The van der Waals surface area contributed by atoms with Gasteiger partial charge in [0.15, 0.2) is 9.84 Å². The van der Waals surface area contributed by atoms with Crippen molar-refractivity contribution in [2.45, 2.75) is 13.8 Å². The summed E-state index contributed by atoms with van der Waals surface area (Å²) in [6.07, 6.45) is 0. The molecule has 1 aliphatic rings. The SMILES string of the molecule is CC(C)CS(=O)(=O)CC(=O)N1CCN(c2ccc(O)cc2)CC1. The number of anilines is 1. The Hall–Kier alpha value is -1.76. The van der Waals surface area contributed by atoms with Gasteiger partial charge in [-0.2, -0.15) is 0 Å². The summed E-state index contributed by atoms with van der Waals surface area (Å²) in [6.45, 7) is 5.99. The first kappa shape index (κ1) is 17.6. The Balaban J connectivity index is 1.88. The van der Waals surface area contributed by atoms with E-state index in [1.165, 1.54) is 0 Å². The second kappa shape index (κ2) is 7.21. The molecule has 1 N–H and O–H groups in total. The molecule has 0 aliphatic carbocycles. The molecule has 0 radical (unpaired) electrons. The molecule has 1 aliphatic heterocycles. The number of sulfone groups is 1. The standard InChI is InChI=1S/C16H24N2O4S/c1-13(2)11-23(21,22)12-16(20)18-9-7-17(8-10-18)14-3-5-15(19)6-4-14/h3-6,13,19H,7-12H2,1-2H3. The predicted molar refractivity (Wildman–Crippen MR) is 90.4 cm³/mol. The number of carbonyl (C=O) groups is 1. The Morgan fingerprint density at radius 3 is 2.22 bits per heavy atom. The van der Waals surface area contributed by atoms with E-state index in [2.05, 4.69) is 4.90 Å². The van der Waals surface area contributed by atoms with E-state index in [1.807, 2.05) is 26.0 Å². The topological polar surface area (TPSA) is 77.9 Å². The molecule has 1 aromatic rings. The zero-order valence-electron chi connectivity index (χ0n) is 13.6. The summed E-state index contributed by atoms with van der Waals surface area (Å²) in [5.74, 6) is -0.413. The number of piperazine rings is 1. The molecule has 1 heterocycles. The van der Waals surface area contributed by atoms with E-state index in [4.69, 9.17) is 0 Å².